The summed E-state index contributed by atoms with van der Waals surface area (Å²) in [5, 5.41) is 19.4. The lowest BCUT2D eigenvalue weighted by atomic mass is 10.1. The average molecular weight is 306 g/mol. The standard InChI is InChI=1S/C16H10N4O3/c21-20(22)14-5-6-15(16-12(14)2-1-7-17-16)23-11-4-3-10-9-18-19-13(10)8-11/h1-9H,(H,18,19). The van der Waals surface area contributed by atoms with E-state index in [0.717, 1.165) is 10.9 Å². The van der Waals surface area contributed by atoms with E-state index in [1.54, 1.807) is 30.6 Å². The highest BCUT2D eigenvalue weighted by Gasteiger charge is 2.16. The fourth-order valence-corrected chi connectivity index (χ4v) is 2.48. The van der Waals surface area contributed by atoms with E-state index in [0.29, 0.717) is 22.4 Å². The van der Waals surface area contributed by atoms with E-state index >= 15 is 0 Å². The van der Waals surface area contributed by atoms with E-state index in [-0.39, 0.29) is 5.69 Å². The molecule has 0 amide bonds. The smallest absolute Gasteiger partial charge is 0.279 e. The van der Waals surface area contributed by atoms with Crippen molar-refractivity contribution in [2.24, 2.45) is 0 Å². The molecule has 0 fully saturated rings. The summed E-state index contributed by atoms with van der Waals surface area (Å²) in [5.41, 5.74) is 1.30. The molecule has 0 atom stereocenters. The van der Waals surface area contributed by atoms with Crippen LogP contribution in [0.2, 0.25) is 0 Å². The Morgan fingerprint density at radius 3 is 2.96 bits per heavy atom. The topological polar surface area (TPSA) is 93.9 Å². The summed E-state index contributed by atoms with van der Waals surface area (Å²) in [7, 11) is 0. The Kier molecular flexibility index (Phi) is 2.90. The Morgan fingerprint density at radius 2 is 2.09 bits per heavy atom. The molecular formula is C16H10N4O3. The van der Waals surface area contributed by atoms with Crippen molar-refractivity contribution in [3.05, 3.63) is 65.0 Å². The number of nitrogens with one attached hydrogen (secondary N) is 1. The van der Waals surface area contributed by atoms with E-state index in [1.165, 1.54) is 6.07 Å². The van der Waals surface area contributed by atoms with Crippen LogP contribution in [-0.4, -0.2) is 20.1 Å². The largest absolute Gasteiger partial charge is 0.455 e. The van der Waals surface area contributed by atoms with Crippen LogP contribution in [0.3, 0.4) is 0 Å². The van der Waals surface area contributed by atoms with Crippen molar-refractivity contribution in [3.63, 3.8) is 0 Å². The number of fused-ring (bicyclic) bond motifs is 2. The van der Waals surface area contributed by atoms with Crippen molar-refractivity contribution in [1.29, 1.82) is 0 Å². The molecule has 0 saturated heterocycles. The molecule has 2 aromatic heterocycles. The number of hydrogen-bond acceptors (Lipinski definition) is 5. The van der Waals surface area contributed by atoms with Crippen molar-refractivity contribution in [2.45, 2.75) is 0 Å². The zero-order valence-corrected chi connectivity index (χ0v) is 11.8. The fraction of sp³-hybridized carbons (Fsp3) is 0. The normalized spacial score (nSPS) is 11.0. The van der Waals surface area contributed by atoms with Gasteiger partial charge in [0.05, 0.1) is 22.0 Å². The van der Waals surface area contributed by atoms with Crippen molar-refractivity contribution in [2.75, 3.05) is 0 Å². The highest BCUT2D eigenvalue weighted by Crippen LogP contribution is 2.34. The molecule has 0 unspecified atom stereocenters. The summed E-state index contributed by atoms with van der Waals surface area (Å²) in [6.45, 7) is 0. The van der Waals surface area contributed by atoms with E-state index < -0.39 is 4.92 Å². The van der Waals surface area contributed by atoms with Crippen molar-refractivity contribution < 1.29 is 9.66 Å². The van der Waals surface area contributed by atoms with Crippen LogP contribution in [-0.2, 0) is 0 Å². The van der Waals surface area contributed by atoms with Crippen LogP contribution in [0.15, 0.2) is 54.9 Å². The molecule has 7 nitrogen and oxygen atoms in total. The maximum atomic E-state index is 11.1. The number of rotatable bonds is 3. The number of aromatic nitrogens is 3. The van der Waals surface area contributed by atoms with Crippen LogP contribution < -0.4 is 4.74 Å². The van der Waals surface area contributed by atoms with Gasteiger partial charge in [-0.2, -0.15) is 5.10 Å². The first-order valence-corrected chi connectivity index (χ1v) is 6.85. The van der Waals surface area contributed by atoms with Gasteiger partial charge in [0.15, 0.2) is 5.75 Å². The van der Waals surface area contributed by atoms with Gasteiger partial charge < -0.3 is 4.74 Å². The summed E-state index contributed by atoms with van der Waals surface area (Å²) in [6, 6.07) is 11.8. The van der Waals surface area contributed by atoms with Gasteiger partial charge in [0, 0.05) is 23.7 Å². The van der Waals surface area contributed by atoms with E-state index in [9.17, 15) is 10.1 Å². The fourth-order valence-electron chi connectivity index (χ4n) is 2.48. The minimum atomic E-state index is -0.426. The van der Waals surface area contributed by atoms with Crippen LogP contribution in [0.4, 0.5) is 5.69 Å². The Hall–Kier alpha value is -3.48. The number of pyridine rings is 1. The Morgan fingerprint density at radius 1 is 1.17 bits per heavy atom. The lowest BCUT2D eigenvalue weighted by molar-refractivity contribution is -0.383. The zero-order chi connectivity index (χ0) is 15.8. The lowest BCUT2D eigenvalue weighted by Crippen LogP contribution is -1.93. The van der Waals surface area contributed by atoms with Gasteiger partial charge in [0.25, 0.3) is 5.69 Å². The molecule has 23 heavy (non-hydrogen) atoms. The number of aromatic amines is 1. The summed E-state index contributed by atoms with van der Waals surface area (Å²) in [4.78, 5) is 14.9. The molecule has 1 N–H and O–H groups in total. The second kappa shape index (κ2) is 5.06. The second-order valence-corrected chi connectivity index (χ2v) is 4.96. The van der Waals surface area contributed by atoms with Gasteiger partial charge in [0.1, 0.15) is 11.3 Å². The maximum absolute atomic E-state index is 11.1. The molecular weight excluding hydrogens is 296 g/mol. The van der Waals surface area contributed by atoms with Crippen LogP contribution in [0, 0.1) is 10.1 Å². The molecule has 0 spiro atoms. The van der Waals surface area contributed by atoms with Crippen LogP contribution >= 0.6 is 0 Å². The van der Waals surface area contributed by atoms with Gasteiger partial charge in [-0.05, 0) is 30.3 Å². The predicted molar refractivity (Wildman–Crippen MR) is 84.6 cm³/mol. The Bertz CT molecular complexity index is 1040. The highest BCUT2D eigenvalue weighted by atomic mass is 16.6. The molecule has 112 valence electrons. The lowest BCUT2D eigenvalue weighted by Gasteiger charge is -2.08. The number of nitro groups is 1. The predicted octanol–water partition coefficient (Wildman–Crippen LogP) is 3.81. The number of H-pyrrole nitrogens is 1. The molecule has 0 saturated carbocycles. The van der Waals surface area contributed by atoms with E-state index in [2.05, 4.69) is 15.2 Å². The molecule has 4 aromatic rings. The molecule has 0 radical (unpaired) electrons. The monoisotopic (exact) mass is 306 g/mol. The number of ether oxygens (including phenoxy) is 1. The summed E-state index contributed by atoms with van der Waals surface area (Å²) in [6.07, 6.45) is 3.30. The average Bonchev–Trinajstić information content (AvgIpc) is 3.02. The van der Waals surface area contributed by atoms with Gasteiger partial charge in [-0.25, -0.2) is 0 Å². The molecule has 0 bridgehead atoms. The second-order valence-electron chi connectivity index (χ2n) is 4.96. The number of nitrogens with zero attached hydrogens (tertiary/aromatic N) is 3. The van der Waals surface area contributed by atoms with E-state index in [1.807, 2.05) is 18.2 Å². The maximum Gasteiger partial charge on any atom is 0.279 e. The van der Waals surface area contributed by atoms with Crippen LogP contribution in [0.5, 0.6) is 11.5 Å². The Balaban J connectivity index is 1.82. The van der Waals surface area contributed by atoms with Crippen molar-refractivity contribution in [3.8, 4) is 11.5 Å². The third-order valence-electron chi connectivity index (χ3n) is 3.55. The van der Waals surface area contributed by atoms with Gasteiger partial charge in [-0.1, -0.05) is 0 Å². The summed E-state index contributed by atoms with van der Waals surface area (Å²) >= 11 is 0. The Labute approximate surface area is 129 Å². The molecule has 2 heterocycles. The first-order chi connectivity index (χ1) is 11.2. The SMILES string of the molecule is O=[N+]([O-])c1ccc(Oc2ccc3cn[nH]c3c2)c2ncccc12. The molecule has 0 aliphatic rings. The van der Waals surface area contributed by atoms with E-state index in [4.69, 9.17) is 4.74 Å². The molecule has 0 aliphatic carbocycles. The minimum absolute atomic E-state index is 0.00414. The minimum Gasteiger partial charge on any atom is -0.455 e. The molecule has 7 heteroatoms. The first kappa shape index (κ1) is 13.2. The van der Waals surface area contributed by atoms with Crippen LogP contribution in [0.1, 0.15) is 0 Å². The number of nitro benzene ring substituents is 1. The number of benzene rings is 2. The number of non-ortho nitro benzene ring substituents is 1. The first-order valence-electron chi connectivity index (χ1n) is 6.85. The van der Waals surface area contributed by atoms with Gasteiger partial charge in [-0.3, -0.25) is 20.2 Å². The van der Waals surface area contributed by atoms with Crippen molar-refractivity contribution in [1.82, 2.24) is 15.2 Å². The third kappa shape index (κ3) is 2.24. The van der Waals surface area contributed by atoms with Gasteiger partial charge in [-0.15, -0.1) is 0 Å². The molecule has 0 aliphatic heterocycles. The highest BCUT2D eigenvalue weighted by molar-refractivity contribution is 5.92. The quantitative estimate of drug-likeness (QED) is 0.459. The van der Waals surface area contributed by atoms with Crippen LogP contribution in [0.25, 0.3) is 21.8 Å². The number of hydrogen-bond donors (Lipinski definition) is 1. The summed E-state index contributed by atoms with van der Waals surface area (Å²) < 4.78 is 5.87. The van der Waals surface area contributed by atoms with Gasteiger partial charge in [0.2, 0.25) is 0 Å². The zero-order valence-electron chi connectivity index (χ0n) is 11.8. The van der Waals surface area contributed by atoms with Crippen molar-refractivity contribution >= 4 is 27.5 Å². The molecule has 4 rings (SSSR count). The summed E-state index contributed by atoms with van der Waals surface area (Å²) in [5.74, 6) is 1.06. The third-order valence-corrected chi connectivity index (χ3v) is 3.55. The van der Waals surface area contributed by atoms with Gasteiger partial charge >= 0.3 is 0 Å². The molecule has 2 aromatic carbocycles.